The molecule has 1 aromatic heterocycles. The second-order valence-corrected chi connectivity index (χ2v) is 4.72. The quantitative estimate of drug-likeness (QED) is 0.874. The van der Waals surface area contributed by atoms with E-state index in [1.807, 2.05) is 12.1 Å². The fraction of sp³-hybridized carbons (Fsp3) is 0.500. The monoisotopic (exact) mass is 275 g/mol. The Kier molecular flexibility index (Phi) is 4.91. The first-order valence-electron chi connectivity index (χ1n) is 6.63. The maximum Gasteiger partial charge on any atom is 0.305 e. The van der Waals surface area contributed by atoms with Gasteiger partial charge in [0.2, 0.25) is 0 Å². The number of carboxylic acids is 1. The fourth-order valence-corrected chi connectivity index (χ4v) is 2.20. The average molecular weight is 275 g/mol. The van der Waals surface area contributed by atoms with Crippen LogP contribution in [0.25, 0.3) is 0 Å². The molecule has 1 aliphatic heterocycles. The molecule has 1 aliphatic rings. The standard InChI is InChI=1S/C14H17N3O3/c15-9-11-1-2-13(16-10-11)17-6-3-12(4-7-17)20-8-5-14(18)19/h1-2,10,12H,3-8H2,(H,18,19). The molecule has 1 aromatic rings. The lowest BCUT2D eigenvalue weighted by molar-refractivity contribution is -0.138. The van der Waals surface area contributed by atoms with Crippen LogP contribution in [-0.4, -0.2) is 41.9 Å². The Morgan fingerprint density at radius 1 is 1.50 bits per heavy atom. The minimum absolute atomic E-state index is 0.0530. The van der Waals surface area contributed by atoms with Crippen LogP contribution in [0.5, 0.6) is 0 Å². The van der Waals surface area contributed by atoms with Gasteiger partial charge in [-0.2, -0.15) is 5.26 Å². The molecule has 6 heteroatoms. The molecule has 1 fully saturated rings. The molecule has 6 nitrogen and oxygen atoms in total. The molecule has 2 rings (SSSR count). The number of rotatable bonds is 5. The van der Waals surface area contributed by atoms with Crippen LogP contribution < -0.4 is 4.90 Å². The first kappa shape index (κ1) is 14.3. The normalized spacial score (nSPS) is 15.8. The molecule has 0 unspecified atom stereocenters. The lowest BCUT2D eigenvalue weighted by Gasteiger charge is -2.32. The number of hydrogen-bond acceptors (Lipinski definition) is 5. The molecule has 0 spiro atoms. The highest BCUT2D eigenvalue weighted by Gasteiger charge is 2.20. The van der Waals surface area contributed by atoms with Gasteiger partial charge >= 0.3 is 5.97 Å². The van der Waals surface area contributed by atoms with Gasteiger partial charge in [0, 0.05) is 19.3 Å². The van der Waals surface area contributed by atoms with Gasteiger partial charge in [-0.05, 0) is 25.0 Å². The summed E-state index contributed by atoms with van der Waals surface area (Å²) in [5, 5.41) is 17.3. The number of ether oxygens (including phenoxy) is 1. The third-order valence-electron chi connectivity index (χ3n) is 3.31. The van der Waals surface area contributed by atoms with E-state index < -0.39 is 5.97 Å². The van der Waals surface area contributed by atoms with E-state index in [9.17, 15) is 4.79 Å². The van der Waals surface area contributed by atoms with Gasteiger partial charge in [-0.1, -0.05) is 0 Å². The van der Waals surface area contributed by atoms with Gasteiger partial charge in [-0.15, -0.1) is 0 Å². The second-order valence-electron chi connectivity index (χ2n) is 4.72. The molecule has 106 valence electrons. The summed E-state index contributed by atoms with van der Waals surface area (Å²) in [6, 6.07) is 5.66. The Bertz CT molecular complexity index is 487. The van der Waals surface area contributed by atoms with Gasteiger partial charge in [0.05, 0.1) is 24.7 Å². The summed E-state index contributed by atoms with van der Waals surface area (Å²) in [5.41, 5.74) is 0.556. The molecule has 0 atom stereocenters. The number of carbonyl (C=O) groups is 1. The summed E-state index contributed by atoms with van der Waals surface area (Å²) in [6.45, 7) is 1.93. The first-order chi connectivity index (χ1) is 9.69. The molecule has 0 aromatic carbocycles. The molecule has 2 heterocycles. The van der Waals surface area contributed by atoms with Crippen molar-refractivity contribution in [2.75, 3.05) is 24.6 Å². The van der Waals surface area contributed by atoms with Crippen LogP contribution in [0, 0.1) is 11.3 Å². The Balaban J connectivity index is 1.78. The average Bonchev–Trinajstić information content (AvgIpc) is 2.48. The van der Waals surface area contributed by atoms with Crippen LogP contribution in [0.15, 0.2) is 18.3 Å². The maximum absolute atomic E-state index is 10.4. The van der Waals surface area contributed by atoms with Gasteiger partial charge in [0.15, 0.2) is 0 Å². The largest absolute Gasteiger partial charge is 0.481 e. The van der Waals surface area contributed by atoms with Crippen molar-refractivity contribution in [3.63, 3.8) is 0 Å². The second kappa shape index (κ2) is 6.87. The van der Waals surface area contributed by atoms with Crippen LogP contribution in [0.1, 0.15) is 24.8 Å². The highest BCUT2D eigenvalue weighted by atomic mass is 16.5. The summed E-state index contributed by atoms with van der Waals surface area (Å²) in [7, 11) is 0. The Hall–Kier alpha value is -2.13. The maximum atomic E-state index is 10.4. The summed E-state index contributed by atoms with van der Waals surface area (Å²) >= 11 is 0. The van der Waals surface area contributed by atoms with Gasteiger partial charge in [-0.25, -0.2) is 4.98 Å². The summed E-state index contributed by atoms with van der Waals surface area (Å²) < 4.78 is 5.54. The zero-order chi connectivity index (χ0) is 14.4. The zero-order valence-corrected chi connectivity index (χ0v) is 11.2. The number of hydrogen-bond donors (Lipinski definition) is 1. The molecule has 0 amide bonds. The summed E-state index contributed by atoms with van der Waals surface area (Å²) in [5.74, 6) is 0.0391. The fourth-order valence-electron chi connectivity index (χ4n) is 2.20. The van der Waals surface area contributed by atoms with E-state index in [4.69, 9.17) is 15.1 Å². The van der Waals surface area contributed by atoms with Gasteiger partial charge in [-0.3, -0.25) is 4.79 Å². The number of pyridine rings is 1. The first-order valence-corrected chi connectivity index (χ1v) is 6.63. The smallest absolute Gasteiger partial charge is 0.305 e. The van der Waals surface area contributed by atoms with Gasteiger partial charge < -0.3 is 14.7 Å². The number of carboxylic acid groups (broad SMARTS) is 1. The highest BCUT2D eigenvalue weighted by molar-refractivity contribution is 5.66. The Morgan fingerprint density at radius 3 is 2.80 bits per heavy atom. The molecule has 0 bridgehead atoms. The van der Waals surface area contributed by atoms with Crippen molar-refractivity contribution in [1.29, 1.82) is 5.26 Å². The number of aromatic nitrogens is 1. The van der Waals surface area contributed by atoms with Crippen LogP contribution in [0.4, 0.5) is 5.82 Å². The van der Waals surface area contributed by atoms with Gasteiger partial charge in [0.1, 0.15) is 11.9 Å². The van der Waals surface area contributed by atoms with Crippen LogP contribution in [0.2, 0.25) is 0 Å². The molecule has 20 heavy (non-hydrogen) atoms. The summed E-state index contributed by atoms with van der Waals surface area (Å²) in [4.78, 5) is 16.8. The van der Waals surface area contributed by atoms with Crippen molar-refractivity contribution in [3.05, 3.63) is 23.9 Å². The molecule has 0 saturated carbocycles. The van der Waals surface area contributed by atoms with E-state index in [1.54, 1.807) is 12.3 Å². The van der Waals surface area contributed by atoms with E-state index >= 15 is 0 Å². The molecule has 1 saturated heterocycles. The number of aliphatic carboxylic acids is 1. The number of nitriles is 1. The number of nitrogens with zero attached hydrogens (tertiary/aromatic N) is 3. The number of anilines is 1. The minimum Gasteiger partial charge on any atom is -0.481 e. The SMILES string of the molecule is N#Cc1ccc(N2CCC(OCCC(=O)O)CC2)nc1. The molecular formula is C14H17N3O3. The molecular weight excluding hydrogens is 258 g/mol. The number of piperidine rings is 1. The van der Waals surface area contributed by atoms with E-state index in [2.05, 4.69) is 9.88 Å². The van der Waals surface area contributed by atoms with Crippen molar-refractivity contribution in [3.8, 4) is 6.07 Å². The van der Waals surface area contributed by atoms with Crippen molar-refractivity contribution < 1.29 is 14.6 Å². The van der Waals surface area contributed by atoms with E-state index in [0.29, 0.717) is 5.56 Å². The third kappa shape index (κ3) is 3.93. The summed E-state index contributed by atoms with van der Waals surface area (Å²) in [6.07, 6.45) is 3.48. The predicted octanol–water partition coefficient (Wildman–Crippen LogP) is 1.41. The Morgan fingerprint density at radius 2 is 2.25 bits per heavy atom. The molecule has 1 N–H and O–H groups in total. The van der Waals surface area contributed by atoms with E-state index in [1.165, 1.54) is 0 Å². The predicted molar refractivity (Wildman–Crippen MR) is 72.4 cm³/mol. The highest BCUT2D eigenvalue weighted by Crippen LogP contribution is 2.19. The van der Waals surface area contributed by atoms with Crippen LogP contribution in [-0.2, 0) is 9.53 Å². The molecule has 0 radical (unpaired) electrons. The van der Waals surface area contributed by atoms with Crippen LogP contribution >= 0.6 is 0 Å². The van der Waals surface area contributed by atoms with Crippen LogP contribution in [0.3, 0.4) is 0 Å². The molecule has 0 aliphatic carbocycles. The van der Waals surface area contributed by atoms with Crippen molar-refractivity contribution in [2.45, 2.75) is 25.4 Å². The zero-order valence-electron chi connectivity index (χ0n) is 11.2. The minimum atomic E-state index is -0.829. The van der Waals surface area contributed by atoms with Crippen molar-refractivity contribution in [2.24, 2.45) is 0 Å². The third-order valence-corrected chi connectivity index (χ3v) is 3.31. The van der Waals surface area contributed by atoms with E-state index in [-0.39, 0.29) is 19.1 Å². The van der Waals surface area contributed by atoms with Crippen molar-refractivity contribution >= 4 is 11.8 Å². The van der Waals surface area contributed by atoms with Gasteiger partial charge in [0.25, 0.3) is 0 Å². The lowest BCUT2D eigenvalue weighted by Crippen LogP contribution is -2.37. The Labute approximate surface area is 117 Å². The van der Waals surface area contributed by atoms with E-state index in [0.717, 1.165) is 31.7 Å². The van der Waals surface area contributed by atoms with Crippen molar-refractivity contribution in [1.82, 2.24) is 4.98 Å². The lowest BCUT2D eigenvalue weighted by atomic mass is 10.1. The topological polar surface area (TPSA) is 86.5 Å².